The summed E-state index contributed by atoms with van der Waals surface area (Å²) in [5.41, 5.74) is 7.38. The summed E-state index contributed by atoms with van der Waals surface area (Å²) < 4.78 is 9.62. The number of carboxylic acids is 1. The number of rotatable bonds is 8. The maximum absolute atomic E-state index is 13.4. The molecular formula is C30H32Cl2N4O4. The lowest BCUT2D eigenvalue weighted by Crippen LogP contribution is -2.24. The van der Waals surface area contributed by atoms with Crippen LogP contribution in [0.15, 0.2) is 24.3 Å². The van der Waals surface area contributed by atoms with Crippen LogP contribution in [0, 0.1) is 27.7 Å². The molecule has 1 amide bonds. The van der Waals surface area contributed by atoms with E-state index in [1.54, 1.807) is 0 Å². The summed E-state index contributed by atoms with van der Waals surface area (Å²) in [6.07, 6.45) is 2.12. The number of aliphatic carboxylic acids is 1. The monoisotopic (exact) mass is 582 g/mol. The van der Waals surface area contributed by atoms with E-state index in [0.717, 1.165) is 55.9 Å². The van der Waals surface area contributed by atoms with Crippen molar-refractivity contribution in [3.63, 3.8) is 0 Å². The second kappa shape index (κ2) is 11.2. The lowest BCUT2D eigenvalue weighted by molar-refractivity contribution is -0.137. The molecule has 0 bridgehead atoms. The van der Waals surface area contributed by atoms with Gasteiger partial charge in [0, 0.05) is 40.3 Å². The third-order valence-electron chi connectivity index (χ3n) is 7.50. The van der Waals surface area contributed by atoms with Crippen LogP contribution in [0.4, 0.5) is 0 Å². The van der Waals surface area contributed by atoms with Crippen molar-refractivity contribution in [2.24, 2.45) is 0 Å². The second-order valence-electron chi connectivity index (χ2n) is 10.3. The first-order chi connectivity index (χ1) is 19.1. The van der Waals surface area contributed by atoms with Crippen molar-refractivity contribution in [1.29, 1.82) is 0 Å². The molecule has 2 aromatic carbocycles. The molecule has 0 spiro atoms. The minimum Gasteiger partial charge on any atom is -0.494 e. The average Bonchev–Trinajstić information content (AvgIpc) is 3.26. The quantitative estimate of drug-likeness (QED) is 0.238. The normalized spacial score (nSPS) is 13.3. The molecular weight excluding hydrogens is 551 g/mol. The Kier molecular flexibility index (Phi) is 7.84. The topological polar surface area (TPSA) is 98.4 Å². The second-order valence-corrected chi connectivity index (χ2v) is 11.1. The lowest BCUT2D eigenvalue weighted by atomic mass is 9.98. The van der Waals surface area contributed by atoms with Crippen molar-refractivity contribution < 1.29 is 19.4 Å². The van der Waals surface area contributed by atoms with Crippen molar-refractivity contribution in [2.75, 3.05) is 13.2 Å². The number of hydrogen-bond donors (Lipinski definition) is 2. The Morgan fingerprint density at radius 2 is 1.85 bits per heavy atom. The first-order valence-electron chi connectivity index (χ1n) is 13.4. The molecule has 210 valence electrons. The van der Waals surface area contributed by atoms with E-state index in [1.165, 1.54) is 4.68 Å². The third-order valence-corrected chi connectivity index (χ3v) is 8.41. The van der Waals surface area contributed by atoms with Gasteiger partial charge in [-0.15, -0.1) is 0 Å². The highest BCUT2D eigenvalue weighted by molar-refractivity contribution is 6.35. The molecule has 0 saturated carbocycles. The standard InChI is InChI=1S/C30H32Cl2N4O4/c1-16-13-20(14-17(2)27(16)32)40-12-5-7-21-22-8-9-23(31)26(25-18(3)34-36(19(25)4)15-24(37)38)28(22)35-11-6-10-33-30(39)29(21)35/h8-9,13-14H,5-7,10-12,15H2,1-4H3,(H,33,39)(H,37,38). The van der Waals surface area contributed by atoms with Gasteiger partial charge in [-0.25, -0.2) is 0 Å². The van der Waals surface area contributed by atoms with Gasteiger partial charge in [0.15, 0.2) is 0 Å². The van der Waals surface area contributed by atoms with E-state index in [0.29, 0.717) is 54.6 Å². The number of ether oxygens (including phenoxy) is 1. The number of halogens is 2. The van der Waals surface area contributed by atoms with Crippen LogP contribution in [0.5, 0.6) is 5.75 Å². The number of aromatic nitrogens is 3. The Bertz CT molecular complexity index is 1630. The Hall–Kier alpha value is -3.49. The fourth-order valence-corrected chi connectivity index (χ4v) is 6.11. The molecule has 2 aromatic heterocycles. The van der Waals surface area contributed by atoms with Gasteiger partial charge in [-0.2, -0.15) is 5.10 Å². The van der Waals surface area contributed by atoms with Gasteiger partial charge in [0.2, 0.25) is 0 Å². The predicted octanol–water partition coefficient (Wildman–Crippen LogP) is 6.27. The highest BCUT2D eigenvalue weighted by Gasteiger charge is 2.29. The number of carboxylic acid groups (broad SMARTS) is 1. The van der Waals surface area contributed by atoms with Crippen molar-refractivity contribution in [3.05, 3.63) is 68.1 Å². The molecule has 40 heavy (non-hydrogen) atoms. The number of benzene rings is 2. The van der Waals surface area contributed by atoms with Crippen molar-refractivity contribution in [2.45, 2.75) is 60.0 Å². The van der Waals surface area contributed by atoms with Gasteiger partial charge in [0.25, 0.3) is 5.91 Å². The molecule has 3 heterocycles. The summed E-state index contributed by atoms with van der Waals surface area (Å²) >= 11 is 13.2. The van der Waals surface area contributed by atoms with Gasteiger partial charge >= 0.3 is 5.97 Å². The highest BCUT2D eigenvalue weighted by atomic mass is 35.5. The zero-order valence-electron chi connectivity index (χ0n) is 23.0. The SMILES string of the molecule is Cc1cc(OCCCc2c3n(c4c(-c5c(C)nn(CC(=O)O)c5C)c(Cl)ccc24)CCCNC3=O)cc(C)c1Cl. The Labute approximate surface area is 242 Å². The number of carbonyl (C=O) groups excluding carboxylic acids is 1. The van der Waals surface area contributed by atoms with E-state index in [9.17, 15) is 14.7 Å². The molecule has 0 atom stereocenters. The van der Waals surface area contributed by atoms with Crippen LogP contribution in [-0.2, 0) is 24.3 Å². The van der Waals surface area contributed by atoms with E-state index in [-0.39, 0.29) is 12.5 Å². The molecule has 0 radical (unpaired) electrons. The molecule has 1 aliphatic heterocycles. The Morgan fingerprint density at radius 3 is 2.55 bits per heavy atom. The Balaban J connectivity index is 1.57. The van der Waals surface area contributed by atoms with Crippen LogP contribution in [0.1, 0.15) is 51.4 Å². The number of nitrogens with zero attached hydrogens (tertiary/aromatic N) is 3. The zero-order chi connectivity index (χ0) is 28.7. The third kappa shape index (κ3) is 5.06. The average molecular weight is 584 g/mol. The molecule has 0 aliphatic carbocycles. The first-order valence-corrected chi connectivity index (χ1v) is 14.1. The molecule has 8 nitrogen and oxygen atoms in total. The zero-order valence-corrected chi connectivity index (χ0v) is 24.5. The van der Waals surface area contributed by atoms with Crippen LogP contribution < -0.4 is 10.1 Å². The van der Waals surface area contributed by atoms with Crippen LogP contribution >= 0.6 is 23.2 Å². The summed E-state index contributed by atoms with van der Waals surface area (Å²) in [6.45, 7) is 9.10. The smallest absolute Gasteiger partial charge is 0.325 e. The highest BCUT2D eigenvalue weighted by Crippen LogP contribution is 2.42. The summed E-state index contributed by atoms with van der Waals surface area (Å²) in [7, 11) is 0. The van der Waals surface area contributed by atoms with Crippen LogP contribution in [0.3, 0.4) is 0 Å². The molecule has 10 heteroatoms. The summed E-state index contributed by atoms with van der Waals surface area (Å²) in [5.74, 6) is -0.301. The number of aryl methyl sites for hydroxylation is 5. The summed E-state index contributed by atoms with van der Waals surface area (Å²) in [6, 6.07) is 7.70. The minimum absolute atomic E-state index is 0.106. The van der Waals surface area contributed by atoms with Crippen LogP contribution in [-0.4, -0.2) is 44.5 Å². The van der Waals surface area contributed by atoms with Gasteiger partial charge < -0.3 is 19.7 Å². The minimum atomic E-state index is -0.969. The number of amides is 1. The molecule has 1 aliphatic rings. The fraction of sp³-hybridized carbons (Fsp3) is 0.367. The van der Waals surface area contributed by atoms with Gasteiger partial charge in [-0.3, -0.25) is 14.3 Å². The molecule has 0 saturated heterocycles. The maximum Gasteiger partial charge on any atom is 0.325 e. The molecule has 0 fully saturated rings. The maximum atomic E-state index is 13.4. The summed E-state index contributed by atoms with van der Waals surface area (Å²) in [5, 5.41) is 19.1. The van der Waals surface area contributed by atoms with E-state index in [1.807, 2.05) is 52.0 Å². The van der Waals surface area contributed by atoms with Gasteiger partial charge in [-0.05, 0) is 81.8 Å². The van der Waals surface area contributed by atoms with E-state index in [4.69, 9.17) is 27.9 Å². The van der Waals surface area contributed by atoms with E-state index in [2.05, 4.69) is 15.0 Å². The predicted molar refractivity (Wildman–Crippen MR) is 157 cm³/mol. The number of nitrogens with one attached hydrogen (secondary N) is 1. The van der Waals surface area contributed by atoms with Gasteiger partial charge in [-0.1, -0.05) is 29.3 Å². The van der Waals surface area contributed by atoms with Gasteiger partial charge in [0.05, 0.1) is 22.8 Å². The number of hydrogen-bond acceptors (Lipinski definition) is 4. The summed E-state index contributed by atoms with van der Waals surface area (Å²) in [4.78, 5) is 24.8. The van der Waals surface area contributed by atoms with Crippen molar-refractivity contribution >= 4 is 46.0 Å². The number of fused-ring (bicyclic) bond motifs is 3. The van der Waals surface area contributed by atoms with Crippen molar-refractivity contribution in [3.8, 4) is 16.9 Å². The fourth-order valence-electron chi connectivity index (χ4n) is 5.76. The first kappa shape index (κ1) is 28.1. The molecule has 5 rings (SSSR count). The lowest BCUT2D eigenvalue weighted by Gasteiger charge is -2.12. The van der Waals surface area contributed by atoms with Crippen LogP contribution in [0.25, 0.3) is 22.0 Å². The molecule has 4 aromatic rings. The molecule has 2 N–H and O–H groups in total. The number of carbonyl (C=O) groups is 2. The molecule has 0 unspecified atom stereocenters. The largest absolute Gasteiger partial charge is 0.494 e. The van der Waals surface area contributed by atoms with Gasteiger partial charge in [0.1, 0.15) is 18.0 Å². The van der Waals surface area contributed by atoms with E-state index < -0.39 is 5.97 Å². The van der Waals surface area contributed by atoms with Crippen molar-refractivity contribution in [1.82, 2.24) is 19.7 Å². The Morgan fingerprint density at radius 1 is 1.12 bits per heavy atom. The van der Waals surface area contributed by atoms with Crippen LogP contribution in [0.2, 0.25) is 10.0 Å². The van der Waals surface area contributed by atoms with E-state index >= 15 is 0 Å².